The first-order valence-electron chi connectivity index (χ1n) is 2.95. The number of hydrogen-bond donors (Lipinski definition) is 0. The molecule has 1 aliphatic rings. The predicted molar refractivity (Wildman–Crippen MR) is 42.5 cm³/mol. The summed E-state index contributed by atoms with van der Waals surface area (Å²) in [5.74, 6) is 3.41. The molecule has 0 unspecified atom stereocenters. The predicted octanol–water partition coefficient (Wildman–Crippen LogP) is 2.41. The third-order valence-electron chi connectivity index (χ3n) is 1.19. The Labute approximate surface area is 59.7 Å². The van der Waals surface area contributed by atoms with Gasteiger partial charge in [0, 0.05) is 18.0 Å². The molecule has 0 bridgehead atoms. The molecule has 0 N–H and O–H groups in total. The van der Waals surface area contributed by atoms with Crippen molar-refractivity contribution in [2.24, 2.45) is 10.3 Å². The van der Waals surface area contributed by atoms with E-state index in [0.717, 1.165) is 0 Å². The molecule has 0 aromatic carbocycles. The largest absolute Gasteiger partial charge is 0.169 e. The second-order valence-corrected chi connectivity index (χ2v) is 2.87. The lowest BCUT2D eigenvalue weighted by Gasteiger charge is -2.04. The number of allylic oxidation sites excluding steroid dienone is 2. The maximum absolute atomic E-state index is 3.84. The van der Waals surface area contributed by atoms with E-state index in [1.165, 1.54) is 17.5 Å². The number of hydrogen-bond acceptors (Lipinski definition) is 2. The Morgan fingerprint density at radius 2 is 2.44 bits per heavy atom. The molecule has 0 amide bonds. The highest BCUT2D eigenvalue weighted by Crippen LogP contribution is 2.18. The monoisotopic (exact) mass is 139 g/mol. The molecule has 0 aromatic heterocycles. The summed E-state index contributed by atoms with van der Waals surface area (Å²) in [6.45, 7) is 4.33. The van der Waals surface area contributed by atoms with Crippen LogP contribution >= 0.6 is 11.9 Å². The van der Waals surface area contributed by atoms with Crippen LogP contribution in [0.15, 0.2) is 21.5 Å². The molecule has 0 saturated carbocycles. The molecule has 0 saturated heterocycles. The normalized spacial score (nSPS) is 16.6. The van der Waals surface area contributed by atoms with Gasteiger partial charge in [0.25, 0.3) is 0 Å². The Kier molecular flexibility index (Phi) is 2.15. The van der Waals surface area contributed by atoms with Gasteiger partial charge in [-0.2, -0.15) is 4.40 Å². The smallest absolute Gasteiger partial charge is 0.0130 e. The molecule has 1 rings (SSSR count). The maximum Gasteiger partial charge on any atom is 0.0130 e. The van der Waals surface area contributed by atoms with Crippen molar-refractivity contribution in [1.82, 2.24) is 0 Å². The average molecular weight is 139 g/mol. The van der Waals surface area contributed by atoms with Crippen molar-refractivity contribution in [3.63, 3.8) is 0 Å². The zero-order valence-electron chi connectivity index (χ0n) is 5.59. The van der Waals surface area contributed by atoms with Gasteiger partial charge in [-0.1, -0.05) is 13.8 Å². The number of nitrogens with zero attached hydrogens (tertiary/aromatic N) is 1. The second-order valence-electron chi connectivity index (χ2n) is 2.24. The first kappa shape index (κ1) is 6.66. The molecule has 0 radical (unpaired) electrons. The maximum atomic E-state index is 3.84. The molecule has 48 valence electrons. The molecule has 0 aromatic rings. The fourth-order valence-corrected chi connectivity index (χ4v) is 1.18. The molecule has 0 spiro atoms. The van der Waals surface area contributed by atoms with E-state index in [9.17, 15) is 0 Å². The van der Waals surface area contributed by atoms with Gasteiger partial charge in [0.05, 0.1) is 0 Å². The summed E-state index contributed by atoms with van der Waals surface area (Å²) in [6.07, 6.45) is 1.93. The fourth-order valence-electron chi connectivity index (χ4n) is 0.555. The van der Waals surface area contributed by atoms with E-state index in [4.69, 9.17) is 0 Å². The standard InChI is InChI=1S/C7H9NS/c1-6(2)7-3-4-8-9-5-7/h3,5-6H,1-2H3. The van der Waals surface area contributed by atoms with Crippen molar-refractivity contribution in [3.8, 4) is 0 Å². The SMILES string of the molecule is CC(C)C1=CSN=C=C1. The van der Waals surface area contributed by atoms with Crippen LogP contribution in [0.1, 0.15) is 13.8 Å². The highest BCUT2D eigenvalue weighted by atomic mass is 32.2. The minimum absolute atomic E-state index is 0.598. The van der Waals surface area contributed by atoms with Gasteiger partial charge in [-0.25, -0.2) is 0 Å². The van der Waals surface area contributed by atoms with Crippen LogP contribution in [-0.2, 0) is 0 Å². The van der Waals surface area contributed by atoms with E-state index in [1.54, 1.807) is 0 Å². The Morgan fingerprint density at radius 3 is 2.78 bits per heavy atom. The Balaban J connectivity index is 2.72. The number of rotatable bonds is 1. The molecule has 0 fully saturated rings. The molecule has 9 heavy (non-hydrogen) atoms. The van der Waals surface area contributed by atoms with Crippen LogP contribution in [0.2, 0.25) is 0 Å². The van der Waals surface area contributed by atoms with Crippen molar-refractivity contribution >= 4 is 17.8 Å². The van der Waals surface area contributed by atoms with E-state index >= 15 is 0 Å². The van der Waals surface area contributed by atoms with Crippen LogP contribution in [0.5, 0.6) is 0 Å². The minimum atomic E-state index is 0.598. The first-order valence-corrected chi connectivity index (χ1v) is 3.79. The summed E-state index contributed by atoms with van der Waals surface area (Å²) >= 11 is 1.45. The minimum Gasteiger partial charge on any atom is -0.169 e. The summed E-state index contributed by atoms with van der Waals surface area (Å²) in [5, 5.41) is 2.06. The van der Waals surface area contributed by atoms with Crippen molar-refractivity contribution in [2.75, 3.05) is 0 Å². The van der Waals surface area contributed by atoms with Gasteiger partial charge in [-0.05, 0) is 22.8 Å². The Hall–Kier alpha value is -0.460. The second kappa shape index (κ2) is 2.90. The lowest BCUT2D eigenvalue weighted by molar-refractivity contribution is 0.795. The average Bonchev–Trinajstić information content (AvgIpc) is 1.90. The van der Waals surface area contributed by atoms with Gasteiger partial charge >= 0.3 is 0 Å². The molecule has 1 nitrogen and oxygen atoms in total. The molecule has 1 aliphatic heterocycles. The van der Waals surface area contributed by atoms with Gasteiger partial charge in [0.15, 0.2) is 0 Å². The van der Waals surface area contributed by atoms with Crippen LogP contribution in [0.3, 0.4) is 0 Å². The summed E-state index contributed by atoms with van der Waals surface area (Å²) in [7, 11) is 0. The summed E-state index contributed by atoms with van der Waals surface area (Å²) < 4.78 is 3.84. The van der Waals surface area contributed by atoms with Gasteiger partial charge in [0.1, 0.15) is 0 Å². The summed E-state index contributed by atoms with van der Waals surface area (Å²) in [4.78, 5) is 0. The van der Waals surface area contributed by atoms with Crippen molar-refractivity contribution in [2.45, 2.75) is 13.8 Å². The topological polar surface area (TPSA) is 12.4 Å². The van der Waals surface area contributed by atoms with Crippen LogP contribution in [-0.4, -0.2) is 5.87 Å². The molecule has 0 aliphatic carbocycles. The van der Waals surface area contributed by atoms with Crippen molar-refractivity contribution in [3.05, 3.63) is 17.1 Å². The van der Waals surface area contributed by atoms with E-state index in [0.29, 0.717) is 5.92 Å². The lowest BCUT2D eigenvalue weighted by Crippen LogP contribution is -1.90. The summed E-state index contributed by atoms with van der Waals surface area (Å²) in [5.41, 5.74) is 1.31. The van der Waals surface area contributed by atoms with Crippen LogP contribution < -0.4 is 0 Å². The van der Waals surface area contributed by atoms with Gasteiger partial charge < -0.3 is 0 Å². The highest BCUT2D eigenvalue weighted by molar-refractivity contribution is 8.01. The molecule has 1 heterocycles. The first-order chi connectivity index (χ1) is 4.30. The molecule has 0 atom stereocenters. The molecular formula is C7H9NS. The zero-order valence-corrected chi connectivity index (χ0v) is 6.40. The van der Waals surface area contributed by atoms with E-state index in [1.807, 2.05) is 6.08 Å². The van der Waals surface area contributed by atoms with Crippen molar-refractivity contribution in [1.29, 1.82) is 0 Å². The fraction of sp³-hybridized carbons (Fsp3) is 0.429. The van der Waals surface area contributed by atoms with Gasteiger partial charge in [-0.15, -0.1) is 0 Å². The third-order valence-corrected chi connectivity index (χ3v) is 1.78. The van der Waals surface area contributed by atoms with Crippen LogP contribution in [0, 0.1) is 5.92 Å². The summed E-state index contributed by atoms with van der Waals surface area (Å²) in [6, 6.07) is 0. The van der Waals surface area contributed by atoms with E-state index in [-0.39, 0.29) is 0 Å². The van der Waals surface area contributed by atoms with Crippen LogP contribution in [0.25, 0.3) is 0 Å². The van der Waals surface area contributed by atoms with Gasteiger partial charge in [-0.3, -0.25) is 0 Å². The lowest BCUT2D eigenvalue weighted by atomic mass is 10.1. The highest BCUT2D eigenvalue weighted by Gasteiger charge is 1.99. The molecule has 2 heteroatoms. The zero-order chi connectivity index (χ0) is 6.69. The quantitative estimate of drug-likeness (QED) is 0.508. The van der Waals surface area contributed by atoms with Crippen LogP contribution in [0.4, 0.5) is 0 Å². The van der Waals surface area contributed by atoms with Gasteiger partial charge in [0.2, 0.25) is 0 Å². The molecular weight excluding hydrogens is 130 g/mol. The Bertz CT molecular complexity index is 185. The van der Waals surface area contributed by atoms with E-state index in [2.05, 4.69) is 29.5 Å². The van der Waals surface area contributed by atoms with Crippen molar-refractivity contribution < 1.29 is 0 Å². The van der Waals surface area contributed by atoms with E-state index < -0.39 is 0 Å². The Morgan fingerprint density at radius 1 is 1.67 bits per heavy atom. The third kappa shape index (κ3) is 1.74.